The van der Waals surface area contributed by atoms with Gasteiger partial charge in [-0.25, -0.2) is 9.78 Å². The van der Waals surface area contributed by atoms with E-state index in [-0.39, 0.29) is 18.0 Å². The minimum atomic E-state index is -0.359. The number of ether oxygens (including phenoxy) is 1. The molecule has 0 radical (unpaired) electrons. The van der Waals surface area contributed by atoms with Crippen LogP contribution in [0.1, 0.15) is 28.9 Å². The number of nitrogens with one attached hydrogen (secondary N) is 3. The van der Waals surface area contributed by atoms with Gasteiger partial charge < -0.3 is 20.8 Å². The molecule has 0 saturated heterocycles. The van der Waals surface area contributed by atoms with Gasteiger partial charge in [-0.15, -0.1) is 11.3 Å². The fourth-order valence-electron chi connectivity index (χ4n) is 4.52. The molecule has 2 aromatic heterocycles. The Morgan fingerprint density at radius 3 is 2.63 bits per heavy atom. The molecule has 2 aromatic carbocycles. The third-order valence-electron chi connectivity index (χ3n) is 6.19. The van der Waals surface area contributed by atoms with Crippen LogP contribution in [0.25, 0.3) is 10.2 Å². The highest BCUT2D eigenvalue weighted by Gasteiger charge is 2.33. The van der Waals surface area contributed by atoms with E-state index in [1.165, 1.54) is 11.3 Å². The summed E-state index contributed by atoms with van der Waals surface area (Å²) >= 11 is 1.24. The zero-order chi connectivity index (χ0) is 23.9. The van der Waals surface area contributed by atoms with Crippen LogP contribution in [0.4, 0.5) is 21.9 Å². The zero-order valence-corrected chi connectivity index (χ0v) is 19.4. The molecule has 1 atom stereocenters. The summed E-state index contributed by atoms with van der Waals surface area (Å²) in [6.45, 7) is 0. The second-order valence-corrected chi connectivity index (χ2v) is 9.43. The van der Waals surface area contributed by atoms with E-state index in [2.05, 4.69) is 15.6 Å². The lowest BCUT2D eigenvalue weighted by Crippen LogP contribution is -2.38. The second-order valence-electron chi connectivity index (χ2n) is 8.43. The van der Waals surface area contributed by atoms with Gasteiger partial charge in [0.05, 0.1) is 28.5 Å². The van der Waals surface area contributed by atoms with Crippen molar-refractivity contribution in [2.24, 2.45) is 0 Å². The van der Waals surface area contributed by atoms with Crippen molar-refractivity contribution in [3.63, 3.8) is 0 Å². The molecule has 2 aliphatic rings. The first-order chi connectivity index (χ1) is 17.1. The van der Waals surface area contributed by atoms with E-state index in [0.717, 1.165) is 24.0 Å². The molecule has 3 amide bonds. The molecule has 8 nitrogen and oxygen atoms in total. The smallest absolute Gasteiger partial charge is 0.331 e. The number of thiophene rings is 1. The van der Waals surface area contributed by atoms with Crippen LogP contribution in [0.5, 0.6) is 11.5 Å². The van der Waals surface area contributed by atoms with Crippen molar-refractivity contribution in [2.45, 2.75) is 25.3 Å². The number of aromatic nitrogens is 1. The number of urea groups is 1. The van der Waals surface area contributed by atoms with Crippen molar-refractivity contribution >= 4 is 56.3 Å². The Hall–Kier alpha value is -4.24. The molecule has 35 heavy (non-hydrogen) atoms. The molecule has 3 heterocycles. The first kappa shape index (κ1) is 21.3. The highest BCUT2D eigenvalue weighted by atomic mass is 32.1. The number of carbonyl (C=O) groups excluding carboxylic acids is 2. The Morgan fingerprint density at radius 2 is 1.89 bits per heavy atom. The quantitative estimate of drug-likeness (QED) is 0.320. The maximum absolute atomic E-state index is 13.2. The molecule has 174 valence electrons. The molecule has 1 aliphatic heterocycles. The molecule has 3 N–H and O–H groups in total. The van der Waals surface area contributed by atoms with Gasteiger partial charge in [-0.1, -0.05) is 18.2 Å². The van der Waals surface area contributed by atoms with Gasteiger partial charge in [0.15, 0.2) is 0 Å². The summed E-state index contributed by atoms with van der Waals surface area (Å²) in [7, 11) is 0. The van der Waals surface area contributed by atoms with Crippen molar-refractivity contribution < 1.29 is 14.3 Å². The zero-order valence-electron chi connectivity index (χ0n) is 18.6. The Bertz CT molecular complexity index is 1470. The van der Waals surface area contributed by atoms with E-state index in [1.54, 1.807) is 17.2 Å². The topological polar surface area (TPSA) is 107 Å². The predicted octanol–water partition coefficient (Wildman–Crippen LogP) is 6.07. The average molecular weight is 484 g/mol. The lowest BCUT2D eigenvalue weighted by atomic mass is 10.1. The first-order valence-electron chi connectivity index (χ1n) is 11.3. The second kappa shape index (κ2) is 8.52. The molecule has 6 rings (SSSR count). The molecular weight excluding hydrogens is 462 g/mol. The maximum atomic E-state index is 13.2. The van der Waals surface area contributed by atoms with Crippen molar-refractivity contribution in [3.8, 4) is 11.5 Å². The Labute approximate surface area is 205 Å². The molecule has 1 saturated carbocycles. The molecule has 0 bridgehead atoms. The van der Waals surface area contributed by atoms with Crippen molar-refractivity contribution in [2.75, 3.05) is 10.2 Å². The third kappa shape index (κ3) is 3.79. The van der Waals surface area contributed by atoms with Gasteiger partial charge in [0.2, 0.25) is 0 Å². The molecule has 0 unspecified atom stereocenters. The minimum absolute atomic E-state index is 0.250. The summed E-state index contributed by atoms with van der Waals surface area (Å²) in [5.41, 5.74) is 2.34. The molecule has 1 fully saturated rings. The molecule has 9 heteroatoms. The molecular formula is C26H21N5O3S. The van der Waals surface area contributed by atoms with Crippen LogP contribution in [0.3, 0.4) is 0 Å². The van der Waals surface area contributed by atoms with E-state index in [9.17, 15) is 9.59 Å². The van der Waals surface area contributed by atoms with Crippen molar-refractivity contribution in [1.82, 2.24) is 10.3 Å². The van der Waals surface area contributed by atoms with Crippen LogP contribution < -0.4 is 20.3 Å². The number of rotatable bonds is 5. The fourth-order valence-corrected chi connectivity index (χ4v) is 5.54. The van der Waals surface area contributed by atoms with Gasteiger partial charge >= 0.3 is 6.03 Å². The number of pyridine rings is 1. The largest absolute Gasteiger partial charge is 0.457 e. The lowest BCUT2D eigenvalue weighted by Gasteiger charge is -2.28. The number of nitrogens with zero attached hydrogens (tertiary/aromatic N) is 2. The fraction of sp³-hybridized carbons (Fsp3) is 0.154. The van der Waals surface area contributed by atoms with Crippen LogP contribution in [-0.2, 0) is 0 Å². The monoisotopic (exact) mass is 483 g/mol. The van der Waals surface area contributed by atoms with Gasteiger partial charge in [-0.05, 0) is 61.7 Å². The Morgan fingerprint density at radius 1 is 1.11 bits per heavy atom. The summed E-state index contributed by atoms with van der Waals surface area (Å²) in [5.74, 6) is 1.10. The van der Waals surface area contributed by atoms with Crippen LogP contribution in [0, 0.1) is 5.41 Å². The van der Waals surface area contributed by atoms with E-state index in [1.807, 2.05) is 54.6 Å². The van der Waals surface area contributed by atoms with E-state index < -0.39 is 0 Å². The summed E-state index contributed by atoms with van der Waals surface area (Å²) < 4.78 is 5.87. The summed E-state index contributed by atoms with van der Waals surface area (Å²) in [6, 6.07) is 17.9. The summed E-state index contributed by atoms with van der Waals surface area (Å²) in [4.78, 5) is 33.4. The summed E-state index contributed by atoms with van der Waals surface area (Å²) in [5, 5.41) is 14.6. The normalized spacial score (nSPS) is 16.9. The van der Waals surface area contributed by atoms with E-state index >= 15 is 0 Å². The third-order valence-corrected chi connectivity index (χ3v) is 7.29. The number of benzene rings is 2. The average Bonchev–Trinajstić information content (AvgIpc) is 3.44. The van der Waals surface area contributed by atoms with E-state index in [4.69, 9.17) is 10.1 Å². The van der Waals surface area contributed by atoms with E-state index in [0.29, 0.717) is 44.7 Å². The van der Waals surface area contributed by atoms with Crippen LogP contribution in [0.15, 0.2) is 66.9 Å². The minimum Gasteiger partial charge on any atom is -0.457 e. The van der Waals surface area contributed by atoms with Gasteiger partial charge in [-0.3, -0.25) is 9.69 Å². The number of carbonyl (C=O) groups is 2. The molecule has 1 aliphatic carbocycles. The highest BCUT2D eigenvalue weighted by molar-refractivity contribution is 7.21. The number of hydrogen-bond acceptors (Lipinski definition) is 6. The van der Waals surface area contributed by atoms with Gasteiger partial charge in [0, 0.05) is 11.9 Å². The maximum Gasteiger partial charge on any atom is 0.331 e. The van der Waals surface area contributed by atoms with Gasteiger partial charge in [0.25, 0.3) is 5.91 Å². The standard InChI is InChI=1S/C26H21N5O3S/c27-18-7-4-8-19(18)29-24(32)23-22-21-20(13-14-28-25(21)35-23)31(26(33)30-22)15-9-11-17(12-10-15)34-16-5-2-1-3-6-16/h1-3,5-6,9-14,19,27H,4,7-8H2,(H,29,32)(H,30,33)/t19-/m1/s1. The van der Waals surface area contributed by atoms with Crippen molar-refractivity contribution in [3.05, 3.63) is 71.7 Å². The number of amides is 3. The first-order valence-corrected chi connectivity index (χ1v) is 12.1. The highest BCUT2D eigenvalue weighted by Crippen LogP contribution is 2.45. The van der Waals surface area contributed by atoms with Crippen LogP contribution >= 0.6 is 11.3 Å². The Balaban J connectivity index is 1.33. The Kier molecular flexibility index (Phi) is 5.18. The van der Waals surface area contributed by atoms with Crippen molar-refractivity contribution in [1.29, 1.82) is 5.41 Å². The molecule has 4 aromatic rings. The number of hydrogen-bond donors (Lipinski definition) is 3. The van der Waals surface area contributed by atoms with Crippen LogP contribution in [0.2, 0.25) is 0 Å². The molecule has 0 spiro atoms. The number of anilines is 3. The summed E-state index contributed by atoms with van der Waals surface area (Å²) in [6.07, 6.45) is 4.01. The lowest BCUT2D eigenvalue weighted by molar-refractivity contribution is 0.0951. The SMILES string of the molecule is N=C1CCC[C@H]1NC(=O)c1sc2nccc3c2c1NC(=O)N3c1ccc(Oc2ccccc2)cc1. The van der Waals surface area contributed by atoms with Gasteiger partial charge in [0.1, 0.15) is 21.2 Å². The number of para-hydroxylation sites is 1. The predicted molar refractivity (Wildman–Crippen MR) is 137 cm³/mol. The van der Waals surface area contributed by atoms with Crippen LogP contribution in [-0.4, -0.2) is 28.7 Å². The van der Waals surface area contributed by atoms with Gasteiger partial charge in [-0.2, -0.15) is 0 Å².